The van der Waals surface area contributed by atoms with E-state index in [1.54, 1.807) is 0 Å². The van der Waals surface area contributed by atoms with Crippen LogP contribution in [0.2, 0.25) is 0 Å². The predicted molar refractivity (Wildman–Crippen MR) is 112 cm³/mol. The normalized spacial score (nSPS) is 13.2. The van der Waals surface area contributed by atoms with Crippen LogP contribution in [0.25, 0.3) is 0 Å². The minimum atomic E-state index is -1.29. The van der Waals surface area contributed by atoms with Gasteiger partial charge < -0.3 is 43.2 Å². The molecule has 1 aromatic rings. The lowest BCUT2D eigenvalue weighted by Crippen LogP contribution is -2.56. The van der Waals surface area contributed by atoms with E-state index in [1.807, 2.05) is 0 Å². The van der Waals surface area contributed by atoms with Gasteiger partial charge in [0.25, 0.3) is 0 Å². The minimum absolute atomic E-state index is 0.0637. The van der Waals surface area contributed by atoms with Crippen molar-refractivity contribution in [2.75, 3.05) is 6.54 Å². The highest BCUT2D eigenvalue weighted by atomic mass is 16.4. The Kier molecular flexibility index (Phi) is 11.0. The zero-order valence-corrected chi connectivity index (χ0v) is 17.7. The van der Waals surface area contributed by atoms with Crippen LogP contribution < -0.4 is 33.2 Å². The third-order valence-electron chi connectivity index (χ3n) is 4.38. The molecule has 0 spiro atoms. The number of nitrogens with one attached hydrogen (secondary N) is 4. The van der Waals surface area contributed by atoms with Crippen molar-refractivity contribution in [3.05, 3.63) is 18.2 Å². The topological polar surface area (TPSA) is 265 Å². The van der Waals surface area contributed by atoms with Crippen molar-refractivity contribution in [3.8, 4) is 0 Å². The molecule has 0 saturated heterocycles. The maximum absolute atomic E-state index is 12.8. The number of carboxylic acids is 1. The van der Waals surface area contributed by atoms with E-state index >= 15 is 0 Å². The molecule has 1 rings (SSSR count). The van der Waals surface area contributed by atoms with Gasteiger partial charge in [-0.05, 0) is 12.8 Å². The maximum Gasteiger partial charge on any atom is 0.322 e. The Morgan fingerprint density at radius 1 is 0.939 bits per heavy atom. The number of aromatic nitrogens is 2. The molecule has 0 bridgehead atoms. The summed E-state index contributed by atoms with van der Waals surface area (Å²) in [4.78, 5) is 77.0. The molecule has 0 aliphatic carbocycles. The van der Waals surface area contributed by atoms with Crippen LogP contribution in [0.3, 0.4) is 0 Å². The SMILES string of the molecule is NC(=O)CCC(N)C(=O)NC(CCC(N)=O)C(=O)NC(Cc1cnc[nH]1)C(=O)NCC(=O)O. The zero-order valence-electron chi connectivity index (χ0n) is 17.7. The lowest BCUT2D eigenvalue weighted by molar-refractivity contribution is -0.138. The fourth-order valence-electron chi connectivity index (χ4n) is 2.65. The number of rotatable bonds is 15. The number of carboxylic acid groups (broad SMARTS) is 1. The van der Waals surface area contributed by atoms with Crippen molar-refractivity contribution in [1.29, 1.82) is 0 Å². The number of carbonyl (C=O) groups excluding carboxylic acids is 5. The number of carbonyl (C=O) groups is 6. The number of nitrogens with zero attached hydrogens (tertiary/aromatic N) is 1. The Morgan fingerprint density at radius 2 is 1.55 bits per heavy atom. The average Bonchev–Trinajstić information content (AvgIpc) is 3.25. The minimum Gasteiger partial charge on any atom is -0.480 e. The van der Waals surface area contributed by atoms with Crippen LogP contribution in [-0.4, -0.2) is 75.2 Å². The van der Waals surface area contributed by atoms with Crippen LogP contribution in [0.1, 0.15) is 31.4 Å². The van der Waals surface area contributed by atoms with Crippen LogP contribution in [0.4, 0.5) is 0 Å². The van der Waals surface area contributed by atoms with Gasteiger partial charge in [-0.3, -0.25) is 28.8 Å². The number of imidazole rings is 1. The molecule has 0 aromatic carbocycles. The van der Waals surface area contributed by atoms with Crippen LogP contribution >= 0.6 is 0 Å². The fourth-order valence-corrected chi connectivity index (χ4v) is 2.65. The predicted octanol–water partition coefficient (Wildman–Crippen LogP) is -4.02. The van der Waals surface area contributed by atoms with Crippen LogP contribution in [-0.2, 0) is 35.2 Å². The molecule has 5 amide bonds. The van der Waals surface area contributed by atoms with Gasteiger partial charge in [0.2, 0.25) is 29.5 Å². The number of aromatic amines is 1. The highest BCUT2D eigenvalue weighted by molar-refractivity contribution is 5.94. The van der Waals surface area contributed by atoms with E-state index in [-0.39, 0.29) is 32.1 Å². The molecule has 15 nitrogen and oxygen atoms in total. The monoisotopic (exact) mass is 468 g/mol. The Balaban J connectivity index is 2.94. The highest BCUT2D eigenvalue weighted by Crippen LogP contribution is 2.04. The summed E-state index contributed by atoms with van der Waals surface area (Å²) < 4.78 is 0. The van der Waals surface area contributed by atoms with Gasteiger partial charge >= 0.3 is 5.97 Å². The first-order valence-corrected chi connectivity index (χ1v) is 9.89. The standard InChI is InChI=1S/C18H28N8O7/c19-10(1-3-13(20)27)16(31)25-11(2-4-14(21)28)18(33)26-12(5-9-6-22-8-24-9)17(32)23-7-15(29)30/h6,8,10-12H,1-5,7,19H2,(H2,20,27)(H2,21,28)(H,22,24)(H,23,32)(H,25,31)(H,26,33)(H,29,30). The smallest absolute Gasteiger partial charge is 0.322 e. The molecule has 33 heavy (non-hydrogen) atoms. The third-order valence-corrected chi connectivity index (χ3v) is 4.38. The molecule has 1 heterocycles. The lowest BCUT2D eigenvalue weighted by Gasteiger charge is -2.23. The van der Waals surface area contributed by atoms with Crippen molar-refractivity contribution >= 4 is 35.5 Å². The highest BCUT2D eigenvalue weighted by Gasteiger charge is 2.29. The Labute approximate surface area is 188 Å². The summed E-state index contributed by atoms with van der Waals surface area (Å²) in [6.07, 6.45) is 2.04. The zero-order chi connectivity index (χ0) is 25.0. The largest absolute Gasteiger partial charge is 0.480 e. The number of amides is 5. The second kappa shape index (κ2) is 13.4. The van der Waals surface area contributed by atoms with Gasteiger partial charge in [0, 0.05) is 31.2 Å². The molecule has 0 aliphatic heterocycles. The average molecular weight is 468 g/mol. The first kappa shape index (κ1) is 27.0. The summed E-state index contributed by atoms with van der Waals surface area (Å²) >= 11 is 0. The molecule has 15 heteroatoms. The number of nitrogens with two attached hydrogens (primary N) is 3. The van der Waals surface area contributed by atoms with Gasteiger partial charge in [-0.15, -0.1) is 0 Å². The van der Waals surface area contributed by atoms with E-state index < -0.39 is 60.2 Å². The van der Waals surface area contributed by atoms with Crippen LogP contribution in [0.15, 0.2) is 12.5 Å². The second-order valence-corrected chi connectivity index (χ2v) is 7.13. The maximum atomic E-state index is 12.8. The van der Waals surface area contributed by atoms with Crippen LogP contribution in [0, 0.1) is 0 Å². The number of aliphatic carboxylic acids is 1. The third kappa shape index (κ3) is 10.7. The summed E-state index contributed by atoms with van der Waals surface area (Å²) in [7, 11) is 0. The van der Waals surface area contributed by atoms with E-state index in [0.717, 1.165) is 0 Å². The molecule has 182 valence electrons. The molecule has 3 unspecified atom stereocenters. The lowest BCUT2D eigenvalue weighted by atomic mass is 10.1. The Hall–Kier alpha value is -4.01. The quantitative estimate of drug-likeness (QED) is 0.124. The van der Waals surface area contributed by atoms with Gasteiger partial charge in [0.15, 0.2) is 0 Å². The number of primary amides is 2. The molecule has 0 aliphatic rings. The molecule has 0 radical (unpaired) electrons. The van der Waals surface area contributed by atoms with Crippen molar-refractivity contribution in [3.63, 3.8) is 0 Å². The van der Waals surface area contributed by atoms with Gasteiger partial charge in [-0.25, -0.2) is 4.98 Å². The summed E-state index contributed by atoms with van der Waals surface area (Å²) in [5.74, 6) is -5.07. The summed E-state index contributed by atoms with van der Waals surface area (Å²) in [5.41, 5.74) is 16.3. The van der Waals surface area contributed by atoms with Gasteiger partial charge in [0.1, 0.15) is 18.6 Å². The second-order valence-electron chi connectivity index (χ2n) is 7.13. The van der Waals surface area contributed by atoms with E-state index in [0.29, 0.717) is 5.69 Å². The molecule has 3 atom stereocenters. The van der Waals surface area contributed by atoms with Gasteiger partial charge in [-0.2, -0.15) is 0 Å². The summed E-state index contributed by atoms with van der Waals surface area (Å²) in [6.45, 7) is -0.676. The number of hydrogen-bond donors (Lipinski definition) is 8. The molecule has 0 fully saturated rings. The summed E-state index contributed by atoms with van der Waals surface area (Å²) in [6, 6.07) is -3.67. The molecular weight excluding hydrogens is 440 g/mol. The number of hydrogen-bond acceptors (Lipinski definition) is 8. The Bertz CT molecular complexity index is 858. The van der Waals surface area contributed by atoms with E-state index in [1.165, 1.54) is 12.5 Å². The molecule has 0 saturated carbocycles. The molecule has 11 N–H and O–H groups in total. The van der Waals surface area contributed by atoms with Crippen molar-refractivity contribution in [1.82, 2.24) is 25.9 Å². The molecular formula is C18H28N8O7. The van der Waals surface area contributed by atoms with Crippen molar-refractivity contribution in [2.45, 2.75) is 50.2 Å². The summed E-state index contributed by atoms with van der Waals surface area (Å²) in [5, 5.41) is 15.7. The first-order chi connectivity index (χ1) is 15.5. The van der Waals surface area contributed by atoms with Crippen molar-refractivity contribution < 1.29 is 33.9 Å². The van der Waals surface area contributed by atoms with Crippen molar-refractivity contribution in [2.24, 2.45) is 17.2 Å². The molecule has 1 aromatic heterocycles. The van der Waals surface area contributed by atoms with Gasteiger partial charge in [0.05, 0.1) is 12.4 Å². The number of H-pyrrole nitrogens is 1. The first-order valence-electron chi connectivity index (χ1n) is 9.89. The van der Waals surface area contributed by atoms with E-state index in [4.69, 9.17) is 22.3 Å². The van der Waals surface area contributed by atoms with E-state index in [9.17, 15) is 28.8 Å². The Morgan fingerprint density at radius 3 is 2.09 bits per heavy atom. The van der Waals surface area contributed by atoms with Crippen LogP contribution in [0.5, 0.6) is 0 Å². The fraction of sp³-hybridized carbons (Fsp3) is 0.500. The van der Waals surface area contributed by atoms with Gasteiger partial charge in [-0.1, -0.05) is 0 Å². The van der Waals surface area contributed by atoms with E-state index in [2.05, 4.69) is 25.9 Å².